The fourth-order valence-electron chi connectivity index (χ4n) is 4.36. The van der Waals surface area contributed by atoms with Gasteiger partial charge in [0.25, 0.3) is 5.91 Å². The highest BCUT2D eigenvalue weighted by atomic mass is 35.5. The quantitative estimate of drug-likeness (QED) is 0.791. The zero-order chi connectivity index (χ0) is 17.4. The zero-order valence-corrected chi connectivity index (χ0v) is 15.1. The van der Waals surface area contributed by atoms with Gasteiger partial charge in [0.2, 0.25) is 0 Å². The third-order valence-corrected chi connectivity index (χ3v) is 5.93. The molecule has 132 valence electrons. The maximum atomic E-state index is 12.9. The van der Waals surface area contributed by atoms with Crippen LogP contribution in [0.15, 0.2) is 37.2 Å². The third-order valence-electron chi connectivity index (χ3n) is 5.71. The van der Waals surface area contributed by atoms with Crippen LogP contribution in [0.1, 0.15) is 36.2 Å². The van der Waals surface area contributed by atoms with Crippen molar-refractivity contribution in [1.82, 2.24) is 19.2 Å². The Morgan fingerprint density at radius 1 is 1.24 bits per heavy atom. The number of aromatic nitrogens is 2. The lowest BCUT2D eigenvalue weighted by Gasteiger charge is -2.44. The molecule has 2 aliphatic rings. The highest BCUT2D eigenvalue weighted by molar-refractivity contribution is 6.30. The molecule has 2 aromatic rings. The van der Waals surface area contributed by atoms with Crippen LogP contribution in [-0.2, 0) is 0 Å². The van der Waals surface area contributed by atoms with Gasteiger partial charge in [-0.15, -0.1) is 6.58 Å². The Morgan fingerprint density at radius 3 is 2.80 bits per heavy atom. The number of pyridine rings is 1. The van der Waals surface area contributed by atoms with Crippen LogP contribution in [0.25, 0.3) is 5.65 Å². The van der Waals surface area contributed by atoms with Crippen molar-refractivity contribution in [3.63, 3.8) is 0 Å². The van der Waals surface area contributed by atoms with Gasteiger partial charge in [-0.25, -0.2) is 4.98 Å². The second-order valence-electron chi connectivity index (χ2n) is 7.09. The molecule has 0 atom stereocenters. The van der Waals surface area contributed by atoms with Crippen molar-refractivity contribution in [3.05, 3.63) is 47.9 Å². The summed E-state index contributed by atoms with van der Waals surface area (Å²) in [6.45, 7) is 7.56. The number of carbonyl (C=O) groups excluding carboxylic acids is 1. The molecule has 4 rings (SSSR count). The van der Waals surface area contributed by atoms with Gasteiger partial charge in [-0.3, -0.25) is 9.69 Å². The van der Waals surface area contributed by atoms with Crippen LogP contribution in [0.4, 0.5) is 0 Å². The molecule has 0 N–H and O–H groups in total. The van der Waals surface area contributed by atoms with Crippen LogP contribution in [0.3, 0.4) is 0 Å². The molecule has 25 heavy (non-hydrogen) atoms. The van der Waals surface area contributed by atoms with E-state index in [0.29, 0.717) is 10.7 Å². The Morgan fingerprint density at radius 2 is 2.04 bits per heavy atom. The fraction of sp³-hybridized carbons (Fsp3) is 0.474. The Kier molecular flexibility index (Phi) is 4.29. The topological polar surface area (TPSA) is 40.9 Å². The standard InChI is InChI=1S/C19H23ClN4O/c1-2-9-24-10-3-6-19(24)7-11-22(12-8-19)18(25)16-14-23-13-15(20)4-5-17(23)21-16/h2,4-5,13-14H,1,3,6-12H2. The number of nitrogens with zero attached hydrogens (tertiary/aromatic N) is 4. The molecule has 2 fully saturated rings. The molecule has 4 heterocycles. The van der Waals surface area contributed by atoms with Crippen LogP contribution >= 0.6 is 11.6 Å². The minimum Gasteiger partial charge on any atom is -0.337 e. The number of halogens is 1. The van der Waals surface area contributed by atoms with Crippen molar-refractivity contribution in [3.8, 4) is 0 Å². The van der Waals surface area contributed by atoms with Gasteiger partial charge in [0.15, 0.2) is 0 Å². The average molecular weight is 359 g/mol. The van der Waals surface area contributed by atoms with Gasteiger partial charge < -0.3 is 9.30 Å². The molecule has 0 radical (unpaired) electrons. The summed E-state index contributed by atoms with van der Waals surface area (Å²) in [7, 11) is 0. The summed E-state index contributed by atoms with van der Waals surface area (Å²) >= 11 is 6.01. The van der Waals surface area contributed by atoms with E-state index in [9.17, 15) is 4.79 Å². The van der Waals surface area contributed by atoms with E-state index in [0.717, 1.165) is 44.7 Å². The summed E-state index contributed by atoms with van der Waals surface area (Å²) in [5.41, 5.74) is 1.50. The number of hydrogen-bond donors (Lipinski definition) is 0. The summed E-state index contributed by atoms with van der Waals surface area (Å²) in [4.78, 5) is 21.8. The highest BCUT2D eigenvalue weighted by Crippen LogP contribution is 2.38. The van der Waals surface area contributed by atoms with E-state index in [2.05, 4.69) is 16.5 Å². The second kappa shape index (κ2) is 6.46. The lowest BCUT2D eigenvalue weighted by Crippen LogP contribution is -2.53. The van der Waals surface area contributed by atoms with E-state index in [1.54, 1.807) is 18.5 Å². The molecule has 0 saturated carbocycles. The smallest absolute Gasteiger partial charge is 0.274 e. The van der Waals surface area contributed by atoms with Crippen molar-refractivity contribution in [2.24, 2.45) is 0 Å². The molecule has 5 nitrogen and oxygen atoms in total. The zero-order valence-electron chi connectivity index (χ0n) is 14.3. The summed E-state index contributed by atoms with van der Waals surface area (Å²) in [6, 6.07) is 3.62. The molecule has 0 aromatic carbocycles. The minimum absolute atomic E-state index is 0.0166. The second-order valence-corrected chi connectivity index (χ2v) is 7.53. The Bertz CT molecular complexity index is 807. The first kappa shape index (κ1) is 16.6. The minimum atomic E-state index is 0.0166. The van der Waals surface area contributed by atoms with Crippen molar-refractivity contribution in [2.45, 2.75) is 31.2 Å². The van der Waals surface area contributed by atoms with Gasteiger partial charge in [0, 0.05) is 37.6 Å². The van der Waals surface area contributed by atoms with E-state index in [4.69, 9.17) is 11.6 Å². The molecule has 2 aliphatic heterocycles. The van der Waals surface area contributed by atoms with Gasteiger partial charge in [-0.1, -0.05) is 17.7 Å². The number of rotatable bonds is 3. The predicted octanol–water partition coefficient (Wildman–Crippen LogP) is 3.24. The van der Waals surface area contributed by atoms with E-state index in [1.165, 1.54) is 12.8 Å². The first-order valence-electron chi connectivity index (χ1n) is 8.91. The summed E-state index contributed by atoms with van der Waals surface area (Å²) in [5, 5.41) is 0.632. The normalized spacial score (nSPS) is 20.4. The third kappa shape index (κ3) is 2.96. The molecule has 0 unspecified atom stereocenters. The molecule has 6 heteroatoms. The van der Waals surface area contributed by atoms with Crippen molar-refractivity contribution in [1.29, 1.82) is 0 Å². The Balaban J connectivity index is 1.48. The number of fused-ring (bicyclic) bond motifs is 1. The fourth-order valence-corrected chi connectivity index (χ4v) is 4.53. The van der Waals surface area contributed by atoms with Crippen LogP contribution < -0.4 is 0 Å². The number of hydrogen-bond acceptors (Lipinski definition) is 3. The largest absolute Gasteiger partial charge is 0.337 e. The van der Waals surface area contributed by atoms with E-state index >= 15 is 0 Å². The maximum absolute atomic E-state index is 12.9. The molecule has 0 aliphatic carbocycles. The van der Waals surface area contributed by atoms with Crippen molar-refractivity contribution in [2.75, 3.05) is 26.2 Å². The molecule has 1 spiro atoms. The van der Waals surface area contributed by atoms with E-state index in [-0.39, 0.29) is 11.4 Å². The molecular formula is C19H23ClN4O. The molecular weight excluding hydrogens is 336 g/mol. The van der Waals surface area contributed by atoms with Crippen molar-refractivity contribution >= 4 is 23.2 Å². The van der Waals surface area contributed by atoms with Gasteiger partial charge in [-0.05, 0) is 44.4 Å². The average Bonchev–Trinajstić information content (AvgIpc) is 3.20. The maximum Gasteiger partial charge on any atom is 0.274 e. The van der Waals surface area contributed by atoms with Gasteiger partial charge in [-0.2, -0.15) is 0 Å². The summed E-state index contributed by atoms with van der Waals surface area (Å²) in [6.07, 6.45) is 10.1. The monoisotopic (exact) mass is 358 g/mol. The van der Waals surface area contributed by atoms with Crippen molar-refractivity contribution < 1.29 is 4.79 Å². The van der Waals surface area contributed by atoms with Crippen LogP contribution in [0.5, 0.6) is 0 Å². The first-order valence-corrected chi connectivity index (χ1v) is 9.29. The Hall–Kier alpha value is -1.85. The number of carbonyl (C=O) groups is 1. The molecule has 0 bridgehead atoms. The highest BCUT2D eigenvalue weighted by Gasteiger charge is 2.43. The lowest BCUT2D eigenvalue weighted by atomic mass is 9.85. The SMILES string of the molecule is C=CCN1CCCC12CCN(C(=O)c1cn3cc(Cl)ccc3n1)CC2. The molecule has 2 aromatic heterocycles. The van der Waals surface area contributed by atoms with E-state index < -0.39 is 0 Å². The lowest BCUT2D eigenvalue weighted by molar-refractivity contribution is 0.0448. The summed E-state index contributed by atoms with van der Waals surface area (Å²) < 4.78 is 1.81. The predicted molar refractivity (Wildman–Crippen MR) is 99.1 cm³/mol. The van der Waals surface area contributed by atoms with Gasteiger partial charge in [0.05, 0.1) is 5.02 Å². The molecule has 2 saturated heterocycles. The molecule has 1 amide bonds. The Labute approximate surface area is 152 Å². The van der Waals surface area contributed by atoms with Crippen LogP contribution in [0, 0.1) is 0 Å². The number of piperidine rings is 1. The van der Waals surface area contributed by atoms with E-state index in [1.807, 2.05) is 21.4 Å². The van der Waals surface area contributed by atoms with Crippen LogP contribution in [0.2, 0.25) is 5.02 Å². The first-order chi connectivity index (χ1) is 12.1. The van der Waals surface area contributed by atoms with Gasteiger partial charge >= 0.3 is 0 Å². The number of likely N-dealkylation sites (tertiary alicyclic amines) is 2. The summed E-state index contributed by atoms with van der Waals surface area (Å²) in [5.74, 6) is 0.0166. The van der Waals surface area contributed by atoms with Gasteiger partial charge in [0.1, 0.15) is 11.3 Å². The number of imidazole rings is 1. The number of amides is 1. The van der Waals surface area contributed by atoms with Crippen LogP contribution in [-0.4, -0.2) is 56.8 Å².